The second kappa shape index (κ2) is 8.91. The van der Waals surface area contributed by atoms with E-state index in [0.29, 0.717) is 13.1 Å². The molecule has 1 amide bonds. The second-order valence-electron chi connectivity index (χ2n) is 4.36. The molecule has 0 aliphatic heterocycles. The molecular weight excluding hydrogens is 250 g/mol. The number of nitrogens with one attached hydrogen (secondary N) is 2. The van der Waals surface area contributed by atoms with Crippen LogP contribution < -0.4 is 10.6 Å². The van der Waals surface area contributed by atoms with Crippen molar-refractivity contribution in [3.8, 4) is 0 Å². The van der Waals surface area contributed by atoms with Crippen LogP contribution in [0.5, 0.6) is 0 Å². The summed E-state index contributed by atoms with van der Waals surface area (Å²) in [5.41, 5.74) is 2.40. The fraction of sp³-hybridized carbons (Fsp3) is 0.462. The summed E-state index contributed by atoms with van der Waals surface area (Å²) in [5.74, 6) is 0.0184. The molecule has 18 heavy (non-hydrogen) atoms. The molecule has 2 N–H and O–H groups in total. The number of likely N-dealkylation sites (N-methyl/N-ethyl adjacent to an activating group) is 1. The third-order valence-corrected chi connectivity index (χ3v) is 2.35. The van der Waals surface area contributed by atoms with E-state index in [2.05, 4.69) is 39.8 Å². The maximum absolute atomic E-state index is 11.2. The van der Waals surface area contributed by atoms with E-state index >= 15 is 0 Å². The Morgan fingerprint density at radius 3 is 2.22 bits per heavy atom. The van der Waals surface area contributed by atoms with Gasteiger partial charge < -0.3 is 15.5 Å². The molecule has 4 nitrogen and oxygen atoms in total. The third-order valence-electron chi connectivity index (χ3n) is 2.35. The zero-order valence-corrected chi connectivity index (χ0v) is 12.0. The molecule has 0 saturated heterocycles. The van der Waals surface area contributed by atoms with Crippen LogP contribution >= 0.6 is 12.4 Å². The van der Waals surface area contributed by atoms with Gasteiger partial charge in [0.2, 0.25) is 5.91 Å². The second-order valence-corrected chi connectivity index (χ2v) is 4.36. The molecule has 0 aromatic heterocycles. The molecule has 102 valence electrons. The van der Waals surface area contributed by atoms with Gasteiger partial charge in [-0.3, -0.25) is 4.79 Å². The van der Waals surface area contributed by atoms with Gasteiger partial charge >= 0.3 is 0 Å². The van der Waals surface area contributed by atoms with Gasteiger partial charge in [0.05, 0.1) is 6.54 Å². The smallest absolute Gasteiger partial charge is 0.234 e. The first-order valence-electron chi connectivity index (χ1n) is 5.75. The van der Waals surface area contributed by atoms with Gasteiger partial charge in [-0.15, -0.1) is 12.4 Å². The Kier molecular flexibility index (Phi) is 8.37. The minimum Gasteiger partial charge on any atom is -0.351 e. The van der Waals surface area contributed by atoms with Gasteiger partial charge in [0, 0.05) is 13.1 Å². The van der Waals surface area contributed by atoms with Gasteiger partial charge in [-0.1, -0.05) is 24.3 Å². The number of carbonyl (C=O) groups is 1. The highest BCUT2D eigenvalue weighted by atomic mass is 35.5. The lowest BCUT2D eigenvalue weighted by atomic mass is 10.1. The van der Waals surface area contributed by atoms with Gasteiger partial charge in [0.25, 0.3) is 0 Å². The topological polar surface area (TPSA) is 44.4 Å². The van der Waals surface area contributed by atoms with Crippen LogP contribution in [0, 0.1) is 0 Å². The van der Waals surface area contributed by atoms with E-state index in [1.54, 1.807) is 7.05 Å². The molecular formula is C13H22ClN3O. The molecule has 0 saturated carbocycles. The molecule has 0 aliphatic carbocycles. The quantitative estimate of drug-likeness (QED) is 0.812. The van der Waals surface area contributed by atoms with Crippen molar-refractivity contribution in [1.82, 2.24) is 15.5 Å². The predicted octanol–water partition coefficient (Wildman–Crippen LogP) is 1.01. The highest BCUT2D eigenvalue weighted by molar-refractivity contribution is 5.85. The van der Waals surface area contributed by atoms with Crippen LogP contribution in [0.1, 0.15) is 11.1 Å². The van der Waals surface area contributed by atoms with Crippen LogP contribution in [0.3, 0.4) is 0 Å². The number of hydrogen-bond donors (Lipinski definition) is 2. The highest BCUT2D eigenvalue weighted by Gasteiger charge is 2.00. The standard InChI is InChI=1S/C13H21N3O.ClH/c1-14-9-13(17)15-8-11-4-6-12(7-5-11)10-16(2)3;/h4-7,14H,8-10H2,1-3H3,(H,15,17);1H. The van der Waals surface area contributed by atoms with Gasteiger partial charge in [-0.25, -0.2) is 0 Å². The number of hydrogen-bond acceptors (Lipinski definition) is 3. The van der Waals surface area contributed by atoms with Crippen LogP contribution in [0.2, 0.25) is 0 Å². The summed E-state index contributed by atoms with van der Waals surface area (Å²) < 4.78 is 0. The normalized spacial score (nSPS) is 10.0. The van der Waals surface area contributed by atoms with Crippen LogP contribution in [0.4, 0.5) is 0 Å². The van der Waals surface area contributed by atoms with Crippen molar-refractivity contribution in [2.24, 2.45) is 0 Å². The van der Waals surface area contributed by atoms with Crippen LogP contribution in [0.25, 0.3) is 0 Å². The van der Waals surface area contributed by atoms with Crippen molar-refractivity contribution < 1.29 is 4.79 Å². The van der Waals surface area contributed by atoms with E-state index in [4.69, 9.17) is 0 Å². The molecule has 5 heteroatoms. The largest absolute Gasteiger partial charge is 0.351 e. The lowest BCUT2D eigenvalue weighted by molar-refractivity contribution is -0.120. The summed E-state index contributed by atoms with van der Waals surface area (Å²) in [6.07, 6.45) is 0. The van der Waals surface area contributed by atoms with Crippen molar-refractivity contribution >= 4 is 18.3 Å². The molecule has 0 atom stereocenters. The van der Waals surface area contributed by atoms with E-state index in [-0.39, 0.29) is 18.3 Å². The SMILES string of the molecule is CNCC(=O)NCc1ccc(CN(C)C)cc1.Cl. The Labute approximate surface area is 115 Å². The van der Waals surface area contributed by atoms with Crippen molar-refractivity contribution in [2.75, 3.05) is 27.7 Å². The summed E-state index contributed by atoms with van der Waals surface area (Å²) >= 11 is 0. The molecule has 0 spiro atoms. The Bertz CT molecular complexity index is 352. The summed E-state index contributed by atoms with van der Waals surface area (Å²) in [4.78, 5) is 13.4. The van der Waals surface area contributed by atoms with E-state index in [1.165, 1.54) is 5.56 Å². The Hall–Kier alpha value is -1.10. The number of benzene rings is 1. The van der Waals surface area contributed by atoms with Crippen LogP contribution in [-0.2, 0) is 17.9 Å². The number of nitrogens with zero attached hydrogens (tertiary/aromatic N) is 1. The van der Waals surface area contributed by atoms with E-state index in [0.717, 1.165) is 12.1 Å². The molecule has 0 aliphatic rings. The molecule has 1 aromatic rings. The average Bonchev–Trinajstić information content (AvgIpc) is 2.28. The first-order chi connectivity index (χ1) is 8.11. The first-order valence-corrected chi connectivity index (χ1v) is 5.75. The van der Waals surface area contributed by atoms with E-state index < -0.39 is 0 Å². The summed E-state index contributed by atoms with van der Waals surface area (Å²) in [7, 11) is 5.85. The summed E-state index contributed by atoms with van der Waals surface area (Å²) in [5, 5.41) is 5.67. The molecule has 0 unspecified atom stereocenters. The predicted molar refractivity (Wildman–Crippen MR) is 76.9 cm³/mol. The van der Waals surface area contributed by atoms with Crippen LogP contribution in [0.15, 0.2) is 24.3 Å². The number of carbonyl (C=O) groups excluding carboxylic acids is 1. The molecule has 0 bridgehead atoms. The number of rotatable bonds is 6. The summed E-state index contributed by atoms with van der Waals surface area (Å²) in [6.45, 7) is 1.88. The third kappa shape index (κ3) is 6.59. The van der Waals surface area contributed by atoms with E-state index in [9.17, 15) is 4.79 Å². The molecule has 0 fully saturated rings. The molecule has 1 aromatic carbocycles. The number of amides is 1. The maximum Gasteiger partial charge on any atom is 0.234 e. The van der Waals surface area contributed by atoms with Gasteiger partial charge in [-0.05, 0) is 32.3 Å². The van der Waals surface area contributed by atoms with E-state index in [1.807, 2.05) is 14.1 Å². The monoisotopic (exact) mass is 271 g/mol. The Morgan fingerprint density at radius 2 is 1.72 bits per heavy atom. The lowest BCUT2D eigenvalue weighted by Crippen LogP contribution is -2.31. The summed E-state index contributed by atoms with van der Waals surface area (Å²) in [6, 6.07) is 8.30. The van der Waals surface area contributed by atoms with Gasteiger partial charge in [0.1, 0.15) is 0 Å². The first kappa shape index (κ1) is 16.9. The lowest BCUT2D eigenvalue weighted by Gasteiger charge is -2.10. The van der Waals surface area contributed by atoms with Gasteiger partial charge in [-0.2, -0.15) is 0 Å². The fourth-order valence-electron chi connectivity index (χ4n) is 1.55. The van der Waals surface area contributed by atoms with Gasteiger partial charge in [0.15, 0.2) is 0 Å². The maximum atomic E-state index is 11.2. The van der Waals surface area contributed by atoms with Crippen molar-refractivity contribution in [3.05, 3.63) is 35.4 Å². The Morgan fingerprint density at radius 1 is 1.17 bits per heavy atom. The Balaban J connectivity index is 0.00000289. The fourth-order valence-corrected chi connectivity index (χ4v) is 1.55. The molecule has 0 heterocycles. The molecule has 1 rings (SSSR count). The molecule has 0 radical (unpaired) electrons. The average molecular weight is 272 g/mol. The minimum atomic E-state index is 0. The van der Waals surface area contributed by atoms with Crippen molar-refractivity contribution in [2.45, 2.75) is 13.1 Å². The number of halogens is 1. The highest BCUT2D eigenvalue weighted by Crippen LogP contribution is 2.05. The van der Waals surface area contributed by atoms with Crippen molar-refractivity contribution in [3.63, 3.8) is 0 Å². The van der Waals surface area contributed by atoms with Crippen molar-refractivity contribution in [1.29, 1.82) is 0 Å². The zero-order valence-electron chi connectivity index (χ0n) is 11.2. The minimum absolute atomic E-state index is 0. The zero-order chi connectivity index (χ0) is 12.7. The van der Waals surface area contributed by atoms with Crippen LogP contribution in [-0.4, -0.2) is 38.5 Å².